The zero-order valence-electron chi connectivity index (χ0n) is 13.8. The fourth-order valence-corrected chi connectivity index (χ4v) is 2.06. The number of ether oxygens (including phenoxy) is 3. The van der Waals surface area contributed by atoms with Crippen LogP contribution in [0, 0.1) is 6.92 Å². The summed E-state index contributed by atoms with van der Waals surface area (Å²) in [5, 5.41) is 2.63. The number of hydrogen-bond donors (Lipinski definition) is 1. The van der Waals surface area contributed by atoms with E-state index in [1.54, 1.807) is 36.4 Å². The van der Waals surface area contributed by atoms with Crippen LogP contribution in [0.25, 0.3) is 0 Å². The van der Waals surface area contributed by atoms with Crippen LogP contribution in [-0.2, 0) is 9.53 Å². The molecule has 2 rings (SSSR count). The molecule has 0 heterocycles. The van der Waals surface area contributed by atoms with Crippen molar-refractivity contribution in [3.63, 3.8) is 0 Å². The maximum atomic E-state index is 11.9. The molecule has 0 atom stereocenters. The van der Waals surface area contributed by atoms with Crippen LogP contribution in [0.15, 0.2) is 42.5 Å². The Kier molecular flexibility index (Phi) is 5.78. The van der Waals surface area contributed by atoms with E-state index in [-0.39, 0.29) is 6.61 Å². The Bertz CT molecular complexity index is 720. The van der Waals surface area contributed by atoms with Crippen molar-refractivity contribution in [2.45, 2.75) is 6.92 Å². The van der Waals surface area contributed by atoms with E-state index in [2.05, 4.69) is 5.32 Å². The number of benzene rings is 2. The molecule has 0 saturated carbocycles. The Hall–Kier alpha value is -3.02. The van der Waals surface area contributed by atoms with Crippen LogP contribution >= 0.6 is 0 Å². The first-order valence-electron chi connectivity index (χ1n) is 7.28. The third-order valence-corrected chi connectivity index (χ3v) is 3.22. The monoisotopic (exact) mass is 329 g/mol. The number of nitrogens with one attached hydrogen (secondary N) is 1. The fraction of sp³-hybridized carbons (Fsp3) is 0.222. The van der Waals surface area contributed by atoms with Crippen molar-refractivity contribution < 1.29 is 23.8 Å². The van der Waals surface area contributed by atoms with Crippen LogP contribution in [0.1, 0.15) is 15.9 Å². The second kappa shape index (κ2) is 8.01. The van der Waals surface area contributed by atoms with Gasteiger partial charge in [0, 0.05) is 23.9 Å². The van der Waals surface area contributed by atoms with Gasteiger partial charge in [-0.05, 0) is 19.1 Å². The van der Waals surface area contributed by atoms with E-state index in [4.69, 9.17) is 14.2 Å². The standard InChI is InChI=1S/C18H19NO5/c1-12-5-4-6-13(7-12)18(21)24-11-17(20)19-14-8-15(22-2)10-16(9-14)23-3/h4-10H,11H2,1-3H3,(H,19,20). The van der Waals surface area contributed by atoms with Crippen molar-refractivity contribution in [3.05, 3.63) is 53.6 Å². The van der Waals surface area contributed by atoms with Gasteiger partial charge in [0.15, 0.2) is 6.61 Å². The zero-order chi connectivity index (χ0) is 17.5. The van der Waals surface area contributed by atoms with Gasteiger partial charge in [0.05, 0.1) is 19.8 Å². The van der Waals surface area contributed by atoms with Crippen LogP contribution in [0.4, 0.5) is 5.69 Å². The van der Waals surface area contributed by atoms with Crippen LogP contribution in [0.5, 0.6) is 11.5 Å². The molecule has 0 spiro atoms. The van der Waals surface area contributed by atoms with Gasteiger partial charge in [0.1, 0.15) is 11.5 Å². The van der Waals surface area contributed by atoms with Crippen LogP contribution in [-0.4, -0.2) is 32.7 Å². The Balaban J connectivity index is 1.95. The van der Waals surface area contributed by atoms with Crippen molar-refractivity contribution >= 4 is 17.6 Å². The van der Waals surface area contributed by atoms with Gasteiger partial charge in [-0.1, -0.05) is 17.7 Å². The average Bonchev–Trinajstić information content (AvgIpc) is 2.59. The minimum absolute atomic E-state index is 0.383. The molecule has 1 N–H and O–H groups in total. The van der Waals surface area contributed by atoms with E-state index in [1.165, 1.54) is 14.2 Å². The first kappa shape index (κ1) is 17.3. The highest BCUT2D eigenvalue weighted by atomic mass is 16.5. The smallest absolute Gasteiger partial charge is 0.338 e. The topological polar surface area (TPSA) is 73.9 Å². The average molecular weight is 329 g/mol. The van der Waals surface area contributed by atoms with E-state index in [1.807, 2.05) is 13.0 Å². The predicted molar refractivity (Wildman–Crippen MR) is 89.6 cm³/mol. The Labute approximate surface area is 140 Å². The molecule has 0 unspecified atom stereocenters. The molecule has 1 amide bonds. The molecule has 6 heteroatoms. The normalized spacial score (nSPS) is 9.96. The lowest BCUT2D eigenvalue weighted by atomic mass is 10.1. The predicted octanol–water partition coefficient (Wildman–Crippen LogP) is 2.81. The number of hydrogen-bond acceptors (Lipinski definition) is 5. The summed E-state index contributed by atoms with van der Waals surface area (Å²) in [6.45, 7) is 1.49. The number of esters is 1. The molecule has 2 aromatic rings. The highest BCUT2D eigenvalue weighted by Gasteiger charge is 2.11. The summed E-state index contributed by atoms with van der Waals surface area (Å²) in [6.07, 6.45) is 0. The molecule has 2 aromatic carbocycles. The molecular formula is C18H19NO5. The Morgan fingerprint density at radius 2 is 1.67 bits per heavy atom. The van der Waals surface area contributed by atoms with E-state index in [0.717, 1.165) is 5.56 Å². The quantitative estimate of drug-likeness (QED) is 0.825. The molecule has 0 radical (unpaired) electrons. The highest BCUT2D eigenvalue weighted by Crippen LogP contribution is 2.25. The van der Waals surface area contributed by atoms with Crippen LogP contribution in [0.3, 0.4) is 0 Å². The van der Waals surface area contributed by atoms with Gasteiger partial charge in [0.2, 0.25) is 0 Å². The third-order valence-electron chi connectivity index (χ3n) is 3.22. The minimum Gasteiger partial charge on any atom is -0.497 e. The fourth-order valence-electron chi connectivity index (χ4n) is 2.06. The van der Waals surface area contributed by atoms with Gasteiger partial charge in [-0.25, -0.2) is 4.79 Å². The van der Waals surface area contributed by atoms with Gasteiger partial charge in [-0.15, -0.1) is 0 Å². The molecule has 0 aliphatic carbocycles. The molecule has 126 valence electrons. The van der Waals surface area contributed by atoms with E-state index < -0.39 is 11.9 Å². The summed E-state index contributed by atoms with van der Waals surface area (Å²) < 4.78 is 15.3. The number of carbonyl (C=O) groups is 2. The summed E-state index contributed by atoms with van der Waals surface area (Å²) in [5.41, 5.74) is 1.84. The first-order valence-corrected chi connectivity index (χ1v) is 7.28. The van der Waals surface area contributed by atoms with Crippen molar-refractivity contribution in [2.75, 3.05) is 26.1 Å². The second-order valence-electron chi connectivity index (χ2n) is 5.10. The summed E-state index contributed by atoms with van der Waals surface area (Å²) >= 11 is 0. The maximum absolute atomic E-state index is 11.9. The minimum atomic E-state index is -0.544. The molecule has 24 heavy (non-hydrogen) atoms. The molecule has 0 bridgehead atoms. The second-order valence-corrected chi connectivity index (χ2v) is 5.10. The summed E-state index contributed by atoms with van der Waals surface area (Å²) in [4.78, 5) is 23.9. The molecular weight excluding hydrogens is 310 g/mol. The molecule has 0 aromatic heterocycles. The van der Waals surface area contributed by atoms with Gasteiger partial charge in [-0.3, -0.25) is 4.79 Å². The number of anilines is 1. The van der Waals surface area contributed by atoms with Crippen LogP contribution in [0.2, 0.25) is 0 Å². The SMILES string of the molecule is COc1cc(NC(=O)COC(=O)c2cccc(C)c2)cc(OC)c1. The third kappa shape index (κ3) is 4.74. The molecule has 0 saturated heterocycles. The van der Waals surface area contributed by atoms with Gasteiger partial charge < -0.3 is 19.5 Å². The summed E-state index contributed by atoms with van der Waals surface area (Å²) in [5.74, 6) is 0.0891. The lowest BCUT2D eigenvalue weighted by Gasteiger charge is -2.10. The van der Waals surface area contributed by atoms with E-state index in [9.17, 15) is 9.59 Å². The number of methoxy groups -OCH3 is 2. The van der Waals surface area contributed by atoms with E-state index in [0.29, 0.717) is 22.7 Å². The number of rotatable bonds is 6. The highest BCUT2D eigenvalue weighted by molar-refractivity contribution is 5.95. The lowest BCUT2D eigenvalue weighted by Crippen LogP contribution is -2.21. The molecule has 0 aliphatic rings. The van der Waals surface area contributed by atoms with Crippen molar-refractivity contribution in [2.24, 2.45) is 0 Å². The van der Waals surface area contributed by atoms with Crippen molar-refractivity contribution in [1.82, 2.24) is 0 Å². The maximum Gasteiger partial charge on any atom is 0.338 e. The largest absolute Gasteiger partial charge is 0.497 e. The lowest BCUT2D eigenvalue weighted by molar-refractivity contribution is -0.119. The van der Waals surface area contributed by atoms with E-state index >= 15 is 0 Å². The van der Waals surface area contributed by atoms with Gasteiger partial charge in [-0.2, -0.15) is 0 Å². The first-order chi connectivity index (χ1) is 11.5. The summed E-state index contributed by atoms with van der Waals surface area (Å²) in [7, 11) is 3.04. The number of carbonyl (C=O) groups excluding carboxylic acids is 2. The van der Waals surface area contributed by atoms with Gasteiger partial charge in [0.25, 0.3) is 5.91 Å². The number of amides is 1. The zero-order valence-corrected chi connectivity index (χ0v) is 13.8. The molecule has 0 fully saturated rings. The Morgan fingerprint density at radius 1 is 1.00 bits per heavy atom. The molecule has 6 nitrogen and oxygen atoms in total. The Morgan fingerprint density at radius 3 is 2.25 bits per heavy atom. The summed E-state index contributed by atoms with van der Waals surface area (Å²) in [6, 6.07) is 11.9. The van der Waals surface area contributed by atoms with Crippen LogP contribution < -0.4 is 14.8 Å². The number of aryl methyl sites for hydroxylation is 1. The van der Waals surface area contributed by atoms with Crippen molar-refractivity contribution in [3.8, 4) is 11.5 Å². The van der Waals surface area contributed by atoms with Gasteiger partial charge >= 0.3 is 5.97 Å². The van der Waals surface area contributed by atoms with Crippen molar-refractivity contribution in [1.29, 1.82) is 0 Å². The molecule has 0 aliphatic heterocycles.